The molecule has 0 aromatic rings. The molecule has 0 radical (unpaired) electrons. The summed E-state index contributed by atoms with van der Waals surface area (Å²) in [6.45, 7) is 2.25. The number of allylic oxidation sites excluding steroid dienone is 1. The lowest BCUT2D eigenvalue weighted by Crippen LogP contribution is -1.87. The fourth-order valence-electron chi connectivity index (χ4n) is 1.34. The van der Waals surface area contributed by atoms with Crippen LogP contribution in [0.3, 0.4) is 0 Å². The largest absolute Gasteiger partial charge is 0.420 e. The molecule has 0 aliphatic carbocycles. The zero-order valence-electron chi connectivity index (χ0n) is 8.80. The molecule has 0 aliphatic heterocycles. The van der Waals surface area contributed by atoms with Crippen LogP contribution in [-0.2, 0) is 4.84 Å². The molecule has 0 rings (SSSR count). The summed E-state index contributed by atoms with van der Waals surface area (Å²) in [4.78, 5) is 4.32. The van der Waals surface area contributed by atoms with Crippen molar-refractivity contribution in [1.82, 2.24) is 0 Å². The third kappa shape index (κ3) is 11.5. The maximum atomic E-state index is 4.84. The second-order valence-corrected chi connectivity index (χ2v) is 3.42. The zero-order chi connectivity index (χ0) is 9.78. The Labute approximate surface area is 82.1 Å². The van der Waals surface area contributed by atoms with Gasteiger partial charge in [0, 0.05) is 0 Å². The highest BCUT2D eigenvalue weighted by molar-refractivity contribution is 4.72. The third-order valence-corrected chi connectivity index (χ3v) is 2.15. The topological polar surface area (TPSA) is 35.2 Å². The number of unbranched alkanes of at least 4 members (excludes halogenated alkanes) is 7. The molecule has 0 aromatic heterocycles. The van der Waals surface area contributed by atoms with Crippen molar-refractivity contribution >= 4 is 0 Å². The van der Waals surface area contributed by atoms with Crippen LogP contribution in [-0.4, -0.2) is 0 Å². The van der Waals surface area contributed by atoms with E-state index in [-0.39, 0.29) is 0 Å². The molecule has 0 amide bonds. The Kier molecular flexibility index (Phi) is 11.1. The molecule has 0 aliphatic rings. The van der Waals surface area contributed by atoms with E-state index < -0.39 is 0 Å². The molecule has 13 heavy (non-hydrogen) atoms. The van der Waals surface area contributed by atoms with Crippen molar-refractivity contribution in [3.8, 4) is 0 Å². The first-order valence-corrected chi connectivity index (χ1v) is 5.42. The molecule has 2 heteroatoms. The molecule has 0 unspecified atom stereocenters. The van der Waals surface area contributed by atoms with E-state index in [4.69, 9.17) is 5.90 Å². The second-order valence-electron chi connectivity index (χ2n) is 3.42. The Hall–Kier alpha value is -0.500. The molecule has 0 atom stereocenters. The van der Waals surface area contributed by atoms with E-state index in [0.29, 0.717) is 0 Å². The molecule has 78 valence electrons. The molecule has 0 aromatic carbocycles. The smallest absolute Gasteiger partial charge is 0.106 e. The summed E-state index contributed by atoms with van der Waals surface area (Å²) in [5, 5.41) is 0. The number of hydrogen-bond donors (Lipinski definition) is 1. The van der Waals surface area contributed by atoms with Crippen molar-refractivity contribution in [3.63, 3.8) is 0 Å². The van der Waals surface area contributed by atoms with E-state index >= 15 is 0 Å². The molecular formula is C11H23NO. The van der Waals surface area contributed by atoms with E-state index in [0.717, 1.165) is 6.42 Å². The summed E-state index contributed by atoms with van der Waals surface area (Å²) in [6, 6.07) is 0. The highest BCUT2D eigenvalue weighted by Gasteiger charge is 1.88. The monoisotopic (exact) mass is 185 g/mol. The molecule has 2 N–H and O–H groups in total. The van der Waals surface area contributed by atoms with E-state index in [1.807, 2.05) is 6.08 Å². The van der Waals surface area contributed by atoms with E-state index in [2.05, 4.69) is 11.8 Å². The van der Waals surface area contributed by atoms with E-state index in [1.165, 1.54) is 44.9 Å². The maximum Gasteiger partial charge on any atom is 0.106 e. The Bertz CT molecular complexity index is 113. The van der Waals surface area contributed by atoms with Gasteiger partial charge in [0.25, 0.3) is 0 Å². The molecule has 0 heterocycles. The van der Waals surface area contributed by atoms with Gasteiger partial charge in [-0.3, -0.25) is 0 Å². The maximum absolute atomic E-state index is 4.84. The van der Waals surface area contributed by atoms with Gasteiger partial charge in [-0.05, 0) is 18.9 Å². The fourth-order valence-corrected chi connectivity index (χ4v) is 1.34. The van der Waals surface area contributed by atoms with Gasteiger partial charge in [0.1, 0.15) is 6.26 Å². The van der Waals surface area contributed by atoms with Gasteiger partial charge in [0.05, 0.1) is 0 Å². The van der Waals surface area contributed by atoms with Crippen molar-refractivity contribution < 1.29 is 4.84 Å². The van der Waals surface area contributed by atoms with Crippen LogP contribution in [0.25, 0.3) is 0 Å². The minimum atomic E-state index is 1.09. The SMILES string of the molecule is CCCCCCCCC/C=C/ON. The summed E-state index contributed by atoms with van der Waals surface area (Å²) in [7, 11) is 0. The van der Waals surface area contributed by atoms with Crippen LogP contribution in [0.1, 0.15) is 58.3 Å². The first-order valence-electron chi connectivity index (χ1n) is 5.42. The molecule has 0 spiro atoms. The van der Waals surface area contributed by atoms with Gasteiger partial charge < -0.3 is 4.84 Å². The van der Waals surface area contributed by atoms with Gasteiger partial charge in [-0.1, -0.05) is 45.4 Å². The van der Waals surface area contributed by atoms with Crippen LogP contribution in [0.4, 0.5) is 0 Å². The number of hydrogen-bond acceptors (Lipinski definition) is 2. The first-order chi connectivity index (χ1) is 6.41. The Morgan fingerprint density at radius 1 is 1.00 bits per heavy atom. The lowest BCUT2D eigenvalue weighted by atomic mass is 10.1. The fraction of sp³-hybridized carbons (Fsp3) is 0.818. The highest BCUT2D eigenvalue weighted by Crippen LogP contribution is 2.08. The third-order valence-electron chi connectivity index (χ3n) is 2.15. The van der Waals surface area contributed by atoms with Crippen LogP contribution < -0.4 is 5.90 Å². The van der Waals surface area contributed by atoms with Gasteiger partial charge in [-0.25, -0.2) is 0 Å². The highest BCUT2D eigenvalue weighted by atomic mass is 16.6. The van der Waals surface area contributed by atoms with E-state index in [1.54, 1.807) is 6.26 Å². The summed E-state index contributed by atoms with van der Waals surface area (Å²) in [5.41, 5.74) is 0. The summed E-state index contributed by atoms with van der Waals surface area (Å²) in [6.07, 6.45) is 14.1. The van der Waals surface area contributed by atoms with Gasteiger partial charge in [-0.15, -0.1) is 0 Å². The Morgan fingerprint density at radius 2 is 1.62 bits per heavy atom. The molecule has 0 saturated heterocycles. The van der Waals surface area contributed by atoms with Crippen molar-refractivity contribution in [2.24, 2.45) is 5.90 Å². The van der Waals surface area contributed by atoms with Crippen molar-refractivity contribution in [1.29, 1.82) is 0 Å². The predicted molar refractivity (Wildman–Crippen MR) is 57.0 cm³/mol. The second kappa shape index (κ2) is 11.5. The summed E-state index contributed by atoms with van der Waals surface area (Å²) in [5.74, 6) is 4.84. The van der Waals surface area contributed by atoms with Gasteiger partial charge in [0.15, 0.2) is 0 Å². The molecule has 2 nitrogen and oxygen atoms in total. The molecule has 0 saturated carbocycles. The molecule has 0 fully saturated rings. The first kappa shape index (κ1) is 12.5. The standard InChI is InChI=1S/C11H23NO/c1-2-3-4-5-6-7-8-9-10-11-13-12/h10-11H,2-9,12H2,1H3/b11-10+. The quantitative estimate of drug-likeness (QED) is 0.339. The predicted octanol–water partition coefficient (Wildman–Crippen LogP) is 3.53. The van der Waals surface area contributed by atoms with Gasteiger partial charge in [-0.2, -0.15) is 5.90 Å². The number of nitrogens with two attached hydrogens (primary N) is 1. The normalized spacial score (nSPS) is 10.9. The van der Waals surface area contributed by atoms with Crippen molar-refractivity contribution in [3.05, 3.63) is 12.3 Å². The summed E-state index contributed by atoms with van der Waals surface area (Å²) >= 11 is 0. The Balaban J connectivity index is 2.87. The van der Waals surface area contributed by atoms with Crippen molar-refractivity contribution in [2.45, 2.75) is 58.3 Å². The van der Waals surface area contributed by atoms with Crippen LogP contribution in [0.2, 0.25) is 0 Å². The average molecular weight is 185 g/mol. The van der Waals surface area contributed by atoms with Crippen LogP contribution in [0.15, 0.2) is 12.3 Å². The zero-order valence-corrected chi connectivity index (χ0v) is 8.80. The van der Waals surface area contributed by atoms with Crippen molar-refractivity contribution in [2.75, 3.05) is 0 Å². The minimum absolute atomic E-state index is 1.09. The minimum Gasteiger partial charge on any atom is -0.420 e. The van der Waals surface area contributed by atoms with Crippen LogP contribution in [0, 0.1) is 0 Å². The van der Waals surface area contributed by atoms with Gasteiger partial charge in [0.2, 0.25) is 0 Å². The molecule has 0 bridgehead atoms. The van der Waals surface area contributed by atoms with E-state index in [9.17, 15) is 0 Å². The molecular weight excluding hydrogens is 162 g/mol. The van der Waals surface area contributed by atoms with Crippen LogP contribution in [0.5, 0.6) is 0 Å². The van der Waals surface area contributed by atoms with Crippen LogP contribution >= 0.6 is 0 Å². The lowest BCUT2D eigenvalue weighted by Gasteiger charge is -1.98. The Morgan fingerprint density at radius 3 is 2.23 bits per heavy atom. The lowest BCUT2D eigenvalue weighted by molar-refractivity contribution is 0.260. The average Bonchev–Trinajstić information content (AvgIpc) is 2.16. The van der Waals surface area contributed by atoms with Gasteiger partial charge >= 0.3 is 0 Å². The summed E-state index contributed by atoms with van der Waals surface area (Å²) < 4.78 is 0. The number of rotatable bonds is 9.